The van der Waals surface area contributed by atoms with Crippen molar-refractivity contribution in [2.75, 3.05) is 19.0 Å². The molecule has 1 aromatic heterocycles. The maximum atomic E-state index is 12.4. The van der Waals surface area contributed by atoms with Crippen LogP contribution >= 0.6 is 15.9 Å². The van der Waals surface area contributed by atoms with Gasteiger partial charge in [-0.2, -0.15) is 10.1 Å². The number of esters is 1. The van der Waals surface area contributed by atoms with Crippen molar-refractivity contribution in [2.45, 2.75) is 19.9 Å². The molecule has 9 heteroatoms. The second-order valence-corrected chi connectivity index (χ2v) is 6.21. The molecule has 0 amide bonds. The molecule has 0 saturated heterocycles. The van der Waals surface area contributed by atoms with Crippen LogP contribution in [0.5, 0.6) is 11.5 Å². The van der Waals surface area contributed by atoms with Gasteiger partial charge in [0.25, 0.3) is 0 Å². The number of allylic oxidation sites excluding steroid dienone is 1. The normalized spacial score (nSPS) is 16.2. The molecule has 25 heavy (non-hydrogen) atoms. The van der Waals surface area contributed by atoms with Crippen LogP contribution in [0.1, 0.15) is 25.5 Å². The van der Waals surface area contributed by atoms with E-state index in [4.69, 9.17) is 9.47 Å². The summed E-state index contributed by atoms with van der Waals surface area (Å²) in [7, 11) is 1.33. The van der Waals surface area contributed by atoms with E-state index in [-0.39, 0.29) is 5.75 Å². The van der Waals surface area contributed by atoms with Gasteiger partial charge in [-0.3, -0.25) is 0 Å². The minimum atomic E-state index is -0.583. The average molecular weight is 409 g/mol. The number of methoxy groups -OCH3 is 1. The first-order chi connectivity index (χ1) is 12.0. The molecular weight excluding hydrogens is 392 g/mol. The van der Waals surface area contributed by atoms with E-state index >= 15 is 0 Å². The lowest BCUT2D eigenvalue weighted by molar-refractivity contribution is -0.136. The van der Waals surface area contributed by atoms with Crippen LogP contribution in [0.2, 0.25) is 0 Å². The zero-order valence-electron chi connectivity index (χ0n) is 13.9. The highest BCUT2D eigenvalue weighted by molar-refractivity contribution is 9.10. The second-order valence-electron chi connectivity index (χ2n) is 5.36. The number of benzene rings is 1. The minimum Gasteiger partial charge on any atom is -0.504 e. The summed E-state index contributed by atoms with van der Waals surface area (Å²) in [6.07, 6.45) is 1.40. The highest BCUT2D eigenvalue weighted by Gasteiger charge is 2.35. The van der Waals surface area contributed by atoms with Crippen molar-refractivity contribution in [3.63, 3.8) is 0 Å². The third-order valence-electron chi connectivity index (χ3n) is 3.87. The van der Waals surface area contributed by atoms with Crippen LogP contribution < -0.4 is 10.1 Å². The molecule has 132 valence electrons. The van der Waals surface area contributed by atoms with Gasteiger partial charge < -0.3 is 19.9 Å². The van der Waals surface area contributed by atoms with Gasteiger partial charge in [0.1, 0.15) is 12.4 Å². The first-order valence-corrected chi connectivity index (χ1v) is 8.38. The number of hydrogen-bond donors (Lipinski definition) is 2. The van der Waals surface area contributed by atoms with Gasteiger partial charge in [-0.05, 0) is 31.5 Å². The molecule has 1 atom stereocenters. The number of rotatable bonds is 4. The molecular formula is C16H17BrN4O4. The lowest BCUT2D eigenvalue weighted by Crippen LogP contribution is -2.29. The van der Waals surface area contributed by atoms with E-state index in [0.29, 0.717) is 39.6 Å². The van der Waals surface area contributed by atoms with Crippen LogP contribution in [0.4, 0.5) is 5.95 Å². The second kappa shape index (κ2) is 6.75. The topological polar surface area (TPSA) is 98.5 Å². The Morgan fingerprint density at radius 3 is 2.92 bits per heavy atom. The Balaban J connectivity index is 2.23. The van der Waals surface area contributed by atoms with Crippen LogP contribution in [-0.2, 0) is 9.53 Å². The highest BCUT2D eigenvalue weighted by Crippen LogP contribution is 2.42. The van der Waals surface area contributed by atoms with Gasteiger partial charge in [-0.15, -0.1) is 0 Å². The molecule has 1 aliphatic heterocycles. The molecule has 2 N–H and O–H groups in total. The molecule has 0 aliphatic carbocycles. The third-order valence-corrected chi connectivity index (χ3v) is 4.56. The maximum Gasteiger partial charge on any atom is 0.338 e. The first-order valence-electron chi connectivity index (χ1n) is 7.58. The Kier molecular flexibility index (Phi) is 4.67. The lowest BCUT2D eigenvalue weighted by Gasteiger charge is -2.28. The van der Waals surface area contributed by atoms with E-state index in [9.17, 15) is 9.90 Å². The van der Waals surface area contributed by atoms with Gasteiger partial charge in [0.15, 0.2) is 11.5 Å². The maximum absolute atomic E-state index is 12.4. The van der Waals surface area contributed by atoms with E-state index in [0.717, 1.165) is 0 Å². The van der Waals surface area contributed by atoms with Crippen LogP contribution in [-0.4, -0.2) is 39.6 Å². The third kappa shape index (κ3) is 2.95. The minimum absolute atomic E-state index is 0.00513. The van der Waals surface area contributed by atoms with Crippen molar-refractivity contribution >= 4 is 27.8 Å². The zero-order chi connectivity index (χ0) is 18.1. The Bertz CT molecular complexity index is 862. The van der Waals surface area contributed by atoms with E-state index < -0.39 is 12.0 Å². The van der Waals surface area contributed by atoms with Crippen molar-refractivity contribution in [2.24, 2.45) is 0 Å². The van der Waals surface area contributed by atoms with Gasteiger partial charge in [-0.1, -0.05) is 15.9 Å². The fourth-order valence-electron chi connectivity index (χ4n) is 2.79. The van der Waals surface area contributed by atoms with E-state index in [1.807, 2.05) is 6.92 Å². The summed E-state index contributed by atoms with van der Waals surface area (Å²) in [6.45, 7) is 3.99. The molecule has 0 saturated carbocycles. The number of hydrogen-bond acceptors (Lipinski definition) is 7. The van der Waals surface area contributed by atoms with Crippen LogP contribution in [0.3, 0.4) is 0 Å². The standard InChI is InChI=1S/C16H17BrN4O4/c1-4-25-12-5-9(10(17)6-11(12)22)14-13(15(23)24-3)8(2)20-16-18-7-19-21(14)16/h5-7,14,22H,4H2,1-3H3,(H,18,19,20)/t14-/m1/s1. The number of carbonyl (C=O) groups excluding carboxylic acids is 1. The molecule has 0 fully saturated rings. The molecule has 2 aromatic rings. The largest absolute Gasteiger partial charge is 0.504 e. The summed E-state index contributed by atoms with van der Waals surface area (Å²) in [4.78, 5) is 16.6. The molecule has 0 bridgehead atoms. The van der Waals surface area contributed by atoms with Gasteiger partial charge in [0, 0.05) is 10.2 Å². The smallest absolute Gasteiger partial charge is 0.338 e. The van der Waals surface area contributed by atoms with Crippen LogP contribution in [0.25, 0.3) is 0 Å². The predicted molar refractivity (Wildman–Crippen MR) is 93.5 cm³/mol. The van der Waals surface area contributed by atoms with Gasteiger partial charge >= 0.3 is 5.97 Å². The number of ether oxygens (including phenoxy) is 2. The van der Waals surface area contributed by atoms with Crippen molar-refractivity contribution in [3.8, 4) is 11.5 Å². The van der Waals surface area contributed by atoms with Gasteiger partial charge in [-0.25, -0.2) is 9.48 Å². The molecule has 1 aromatic carbocycles. The summed E-state index contributed by atoms with van der Waals surface area (Å²) in [5.41, 5.74) is 1.71. The summed E-state index contributed by atoms with van der Waals surface area (Å²) in [5, 5.41) is 17.3. The lowest BCUT2D eigenvalue weighted by atomic mass is 9.95. The van der Waals surface area contributed by atoms with E-state index in [2.05, 4.69) is 31.3 Å². The number of nitrogens with one attached hydrogen (secondary N) is 1. The monoisotopic (exact) mass is 408 g/mol. The SMILES string of the molecule is CCOc1cc([C@@H]2C(C(=O)OC)=C(C)Nc3ncnn32)c(Br)cc1O. The Morgan fingerprint density at radius 2 is 2.24 bits per heavy atom. The van der Waals surface area contributed by atoms with E-state index in [1.54, 1.807) is 17.7 Å². The quantitative estimate of drug-likeness (QED) is 0.749. The number of phenolic OH excluding ortho intramolecular Hbond substituents is 1. The summed E-state index contributed by atoms with van der Waals surface area (Å²) in [5.74, 6) is 0.357. The number of phenols is 1. The highest BCUT2D eigenvalue weighted by atomic mass is 79.9. The number of halogens is 1. The van der Waals surface area contributed by atoms with Crippen molar-refractivity contribution in [3.05, 3.63) is 39.8 Å². The fraction of sp³-hybridized carbons (Fsp3) is 0.312. The summed E-state index contributed by atoms with van der Waals surface area (Å²) >= 11 is 3.45. The summed E-state index contributed by atoms with van der Waals surface area (Å²) < 4.78 is 12.6. The molecule has 0 unspecified atom stereocenters. The Hall–Kier alpha value is -2.55. The molecule has 2 heterocycles. The number of anilines is 1. The summed E-state index contributed by atoms with van der Waals surface area (Å²) in [6, 6.07) is 2.63. The van der Waals surface area contributed by atoms with Crippen molar-refractivity contribution < 1.29 is 19.4 Å². The Morgan fingerprint density at radius 1 is 1.48 bits per heavy atom. The van der Waals surface area contributed by atoms with Crippen molar-refractivity contribution in [1.29, 1.82) is 0 Å². The Labute approximate surface area is 152 Å². The predicted octanol–water partition coefficient (Wildman–Crippen LogP) is 2.61. The van der Waals surface area contributed by atoms with Crippen LogP contribution in [0, 0.1) is 0 Å². The first kappa shape index (κ1) is 17.3. The average Bonchev–Trinajstić information content (AvgIpc) is 3.03. The molecule has 0 spiro atoms. The number of carbonyl (C=O) groups is 1. The van der Waals surface area contributed by atoms with Crippen molar-refractivity contribution in [1.82, 2.24) is 14.8 Å². The molecule has 1 aliphatic rings. The van der Waals surface area contributed by atoms with E-state index in [1.165, 1.54) is 19.5 Å². The molecule has 0 radical (unpaired) electrons. The number of nitrogens with zero attached hydrogens (tertiary/aromatic N) is 3. The zero-order valence-corrected chi connectivity index (χ0v) is 15.5. The van der Waals surface area contributed by atoms with Crippen LogP contribution in [0.15, 0.2) is 34.2 Å². The molecule has 3 rings (SSSR count). The number of fused-ring (bicyclic) bond motifs is 1. The number of aromatic hydroxyl groups is 1. The molecule has 8 nitrogen and oxygen atoms in total. The van der Waals surface area contributed by atoms with Gasteiger partial charge in [0.05, 0.1) is 19.3 Å². The number of aromatic nitrogens is 3. The van der Waals surface area contributed by atoms with Gasteiger partial charge in [0.2, 0.25) is 5.95 Å². The fourth-order valence-corrected chi connectivity index (χ4v) is 3.34.